The molecule has 5 heteroatoms. The van der Waals surface area contributed by atoms with Crippen LogP contribution in [0.5, 0.6) is 11.5 Å². The van der Waals surface area contributed by atoms with E-state index in [2.05, 4.69) is 22.8 Å². The normalized spacial score (nSPS) is 10.4. The number of carbonyl (C=O) groups excluding carboxylic acids is 1. The number of rotatable bonds is 8. The summed E-state index contributed by atoms with van der Waals surface area (Å²) < 4.78 is 5.77. The number of para-hydroxylation sites is 1. The Morgan fingerprint density at radius 1 is 1.00 bits per heavy atom. The van der Waals surface area contributed by atoms with Crippen LogP contribution >= 0.6 is 23.1 Å². The molecule has 0 aliphatic carbocycles. The summed E-state index contributed by atoms with van der Waals surface area (Å²) in [7, 11) is 0. The first kappa shape index (κ1) is 17.6. The molecule has 1 amide bonds. The van der Waals surface area contributed by atoms with Crippen molar-refractivity contribution in [3.8, 4) is 11.5 Å². The van der Waals surface area contributed by atoms with E-state index in [0.717, 1.165) is 17.3 Å². The highest BCUT2D eigenvalue weighted by Gasteiger charge is 2.07. The van der Waals surface area contributed by atoms with Crippen LogP contribution in [-0.4, -0.2) is 18.2 Å². The summed E-state index contributed by atoms with van der Waals surface area (Å²) in [4.78, 5) is 13.6. The van der Waals surface area contributed by atoms with Gasteiger partial charge in [-0.25, -0.2) is 0 Å². The van der Waals surface area contributed by atoms with Gasteiger partial charge in [-0.1, -0.05) is 30.3 Å². The highest BCUT2D eigenvalue weighted by atomic mass is 32.2. The zero-order valence-electron chi connectivity index (χ0n) is 13.7. The number of carbonyl (C=O) groups is 1. The van der Waals surface area contributed by atoms with E-state index in [1.165, 1.54) is 4.88 Å². The number of hydrogen-bond acceptors (Lipinski definition) is 4. The SMILES string of the molecule is O=C(NCCSCc1cccs1)c1cccc(Oc2ccccc2)c1. The topological polar surface area (TPSA) is 38.3 Å². The van der Waals surface area contributed by atoms with Crippen molar-refractivity contribution >= 4 is 29.0 Å². The lowest BCUT2D eigenvalue weighted by atomic mass is 10.2. The highest BCUT2D eigenvalue weighted by molar-refractivity contribution is 7.98. The Morgan fingerprint density at radius 2 is 1.84 bits per heavy atom. The van der Waals surface area contributed by atoms with Crippen LogP contribution < -0.4 is 10.1 Å². The van der Waals surface area contributed by atoms with Gasteiger partial charge in [0, 0.05) is 28.5 Å². The molecular weight excluding hydrogens is 350 g/mol. The third-order valence-corrected chi connectivity index (χ3v) is 5.50. The van der Waals surface area contributed by atoms with Crippen molar-refractivity contribution in [3.63, 3.8) is 0 Å². The maximum Gasteiger partial charge on any atom is 0.251 e. The summed E-state index contributed by atoms with van der Waals surface area (Å²) >= 11 is 3.59. The lowest BCUT2D eigenvalue weighted by Gasteiger charge is -2.08. The predicted octanol–water partition coefficient (Wildman–Crippen LogP) is 5.20. The van der Waals surface area contributed by atoms with Crippen molar-refractivity contribution in [2.45, 2.75) is 5.75 Å². The second-order valence-electron chi connectivity index (χ2n) is 5.33. The lowest BCUT2D eigenvalue weighted by Crippen LogP contribution is -2.25. The summed E-state index contributed by atoms with van der Waals surface area (Å²) in [5.41, 5.74) is 0.608. The standard InChI is InChI=1S/C20H19NO2S2/c22-20(21-11-13-24-15-19-10-5-12-25-19)16-6-4-9-18(14-16)23-17-7-2-1-3-8-17/h1-10,12,14H,11,13,15H2,(H,21,22). The van der Waals surface area contributed by atoms with E-state index in [9.17, 15) is 4.79 Å². The van der Waals surface area contributed by atoms with E-state index in [4.69, 9.17) is 4.74 Å². The minimum Gasteiger partial charge on any atom is -0.457 e. The van der Waals surface area contributed by atoms with Crippen LogP contribution in [0.25, 0.3) is 0 Å². The number of benzene rings is 2. The lowest BCUT2D eigenvalue weighted by molar-refractivity contribution is 0.0956. The van der Waals surface area contributed by atoms with Gasteiger partial charge >= 0.3 is 0 Å². The van der Waals surface area contributed by atoms with Gasteiger partial charge in [-0.15, -0.1) is 11.3 Å². The van der Waals surface area contributed by atoms with E-state index in [1.807, 2.05) is 54.2 Å². The molecule has 0 atom stereocenters. The summed E-state index contributed by atoms with van der Waals surface area (Å²) in [5, 5.41) is 5.04. The van der Waals surface area contributed by atoms with Gasteiger partial charge in [0.1, 0.15) is 11.5 Å². The second-order valence-corrected chi connectivity index (χ2v) is 7.47. The third-order valence-electron chi connectivity index (χ3n) is 3.43. The van der Waals surface area contributed by atoms with Crippen LogP contribution in [-0.2, 0) is 5.75 Å². The molecule has 0 fully saturated rings. The molecule has 0 saturated carbocycles. The predicted molar refractivity (Wildman–Crippen MR) is 106 cm³/mol. The number of thiophene rings is 1. The molecule has 0 unspecified atom stereocenters. The average molecular weight is 370 g/mol. The van der Waals surface area contributed by atoms with Crippen LogP contribution in [0.3, 0.4) is 0 Å². The Labute approximate surface area is 156 Å². The van der Waals surface area contributed by atoms with Gasteiger partial charge in [-0.3, -0.25) is 4.79 Å². The maximum atomic E-state index is 12.3. The first-order valence-electron chi connectivity index (χ1n) is 8.02. The molecule has 25 heavy (non-hydrogen) atoms. The molecule has 0 aliphatic rings. The maximum absolute atomic E-state index is 12.3. The van der Waals surface area contributed by atoms with Gasteiger partial charge in [-0.05, 0) is 41.8 Å². The number of ether oxygens (including phenoxy) is 1. The molecule has 0 saturated heterocycles. The monoisotopic (exact) mass is 369 g/mol. The molecule has 0 aliphatic heterocycles. The van der Waals surface area contributed by atoms with Crippen molar-refractivity contribution < 1.29 is 9.53 Å². The van der Waals surface area contributed by atoms with Crippen molar-refractivity contribution in [1.29, 1.82) is 0 Å². The largest absolute Gasteiger partial charge is 0.457 e. The molecule has 1 N–H and O–H groups in total. The molecule has 0 radical (unpaired) electrons. The summed E-state index contributed by atoms with van der Waals surface area (Å²) in [5.74, 6) is 3.23. The van der Waals surface area contributed by atoms with Crippen LogP contribution in [0.15, 0.2) is 72.1 Å². The average Bonchev–Trinajstić information content (AvgIpc) is 3.16. The first-order valence-corrected chi connectivity index (χ1v) is 10.1. The van der Waals surface area contributed by atoms with Gasteiger partial charge in [0.05, 0.1) is 0 Å². The summed E-state index contributed by atoms with van der Waals surface area (Å²) in [6.45, 7) is 0.651. The molecule has 0 bridgehead atoms. The van der Waals surface area contributed by atoms with Gasteiger partial charge < -0.3 is 10.1 Å². The quantitative estimate of drug-likeness (QED) is 0.554. The van der Waals surface area contributed by atoms with Crippen LogP contribution in [0.1, 0.15) is 15.2 Å². The Morgan fingerprint density at radius 3 is 2.64 bits per heavy atom. The Kier molecular flexibility index (Phi) is 6.54. The van der Waals surface area contributed by atoms with E-state index < -0.39 is 0 Å². The molecule has 128 valence electrons. The van der Waals surface area contributed by atoms with E-state index in [1.54, 1.807) is 23.5 Å². The Balaban J connectivity index is 1.46. The Hall–Kier alpha value is -2.24. The van der Waals surface area contributed by atoms with Gasteiger partial charge in [0.15, 0.2) is 0 Å². The molecule has 3 rings (SSSR count). The van der Waals surface area contributed by atoms with Crippen molar-refractivity contribution in [3.05, 3.63) is 82.6 Å². The molecule has 1 heterocycles. The molecule has 3 nitrogen and oxygen atoms in total. The highest BCUT2D eigenvalue weighted by Crippen LogP contribution is 2.22. The second kappa shape index (κ2) is 9.30. The minimum absolute atomic E-state index is 0.0739. The van der Waals surface area contributed by atoms with Crippen LogP contribution in [0, 0.1) is 0 Å². The fourth-order valence-corrected chi connectivity index (χ4v) is 3.93. The molecule has 3 aromatic rings. The zero-order chi connectivity index (χ0) is 17.3. The number of amides is 1. The fourth-order valence-electron chi connectivity index (χ4n) is 2.23. The molecule has 0 spiro atoms. The number of nitrogens with one attached hydrogen (secondary N) is 1. The number of hydrogen-bond donors (Lipinski definition) is 1. The first-order chi connectivity index (χ1) is 12.3. The van der Waals surface area contributed by atoms with Gasteiger partial charge in [0.2, 0.25) is 0 Å². The van der Waals surface area contributed by atoms with Crippen LogP contribution in [0.2, 0.25) is 0 Å². The van der Waals surface area contributed by atoms with Gasteiger partial charge in [-0.2, -0.15) is 11.8 Å². The molecule has 1 aromatic heterocycles. The van der Waals surface area contributed by atoms with E-state index >= 15 is 0 Å². The van der Waals surface area contributed by atoms with Crippen molar-refractivity contribution in [1.82, 2.24) is 5.32 Å². The van der Waals surface area contributed by atoms with E-state index in [0.29, 0.717) is 17.9 Å². The third kappa shape index (κ3) is 5.66. The van der Waals surface area contributed by atoms with Crippen molar-refractivity contribution in [2.24, 2.45) is 0 Å². The summed E-state index contributed by atoms with van der Waals surface area (Å²) in [6.07, 6.45) is 0. The smallest absolute Gasteiger partial charge is 0.251 e. The Bertz CT molecular complexity index is 788. The molecule has 2 aromatic carbocycles. The summed E-state index contributed by atoms with van der Waals surface area (Å²) in [6, 6.07) is 21.0. The van der Waals surface area contributed by atoms with Crippen molar-refractivity contribution in [2.75, 3.05) is 12.3 Å². The zero-order valence-corrected chi connectivity index (χ0v) is 15.3. The van der Waals surface area contributed by atoms with E-state index in [-0.39, 0.29) is 5.91 Å². The van der Waals surface area contributed by atoms with Crippen LogP contribution in [0.4, 0.5) is 0 Å². The fraction of sp³-hybridized carbons (Fsp3) is 0.150. The van der Waals surface area contributed by atoms with Gasteiger partial charge in [0.25, 0.3) is 5.91 Å². The number of thioether (sulfide) groups is 1. The molecular formula is C20H19NO2S2. The minimum atomic E-state index is -0.0739.